The first-order valence-corrected chi connectivity index (χ1v) is 8.81. The van der Waals surface area contributed by atoms with Crippen LogP contribution in [0.4, 0.5) is 22.0 Å². The summed E-state index contributed by atoms with van der Waals surface area (Å²) in [7, 11) is 0. The second kappa shape index (κ2) is 8.91. The van der Waals surface area contributed by atoms with Gasteiger partial charge in [0.05, 0.1) is 12.2 Å². The Hall–Kier alpha value is -2.83. The number of unbranched alkanes of at least 4 members (excludes halogenated alkanes) is 2. The molecule has 0 saturated carbocycles. The molecule has 0 aliphatic rings. The molecule has 0 bridgehead atoms. The van der Waals surface area contributed by atoms with Crippen LogP contribution in [0, 0.1) is 23.3 Å². The Morgan fingerprint density at radius 3 is 1.93 bits per heavy atom. The monoisotopic (exact) mass is 392 g/mol. The fourth-order valence-electron chi connectivity index (χ4n) is 2.86. The van der Waals surface area contributed by atoms with Gasteiger partial charge in [-0.1, -0.05) is 12.5 Å². The van der Waals surface area contributed by atoms with Gasteiger partial charge in [-0.2, -0.15) is 0 Å². The second-order valence-corrected chi connectivity index (χ2v) is 6.36. The van der Waals surface area contributed by atoms with Crippen LogP contribution >= 0.6 is 0 Å². The van der Waals surface area contributed by atoms with Crippen LogP contribution in [-0.4, -0.2) is 16.6 Å². The molecule has 0 spiro atoms. The normalized spacial score (nSPS) is 11.0. The predicted octanol–water partition coefficient (Wildman–Crippen LogP) is 6.05. The van der Waals surface area contributed by atoms with E-state index in [1.165, 1.54) is 0 Å². The van der Waals surface area contributed by atoms with Crippen molar-refractivity contribution in [1.29, 1.82) is 0 Å². The lowest BCUT2D eigenvalue weighted by atomic mass is 10.0. The van der Waals surface area contributed by atoms with Crippen molar-refractivity contribution < 1.29 is 22.0 Å². The molecular weight excluding hydrogens is 375 g/mol. The third-order valence-corrected chi connectivity index (χ3v) is 4.31. The van der Waals surface area contributed by atoms with Crippen LogP contribution in [0.2, 0.25) is 0 Å². The molecule has 7 heteroatoms. The molecule has 0 saturated heterocycles. The number of aryl methyl sites for hydroxylation is 1. The van der Waals surface area contributed by atoms with Crippen molar-refractivity contribution in [1.82, 2.24) is 9.97 Å². The molecule has 2 nitrogen and oxygen atoms in total. The average molecular weight is 392 g/mol. The second-order valence-electron chi connectivity index (χ2n) is 6.36. The van der Waals surface area contributed by atoms with Crippen molar-refractivity contribution in [3.8, 4) is 22.5 Å². The van der Waals surface area contributed by atoms with E-state index in [1.54, 1.807) is 12.4 Å². The molecule has 0 unspecified atom stereocenters. The predicted molar refractivity (Wildman–Crippen MR) is 96.3 cm³/mol. The Kier molecular flexibility index (Phi) is 6.34. The highest BCUT2D eigenvalue weighted by atomic mass is 19.2. The summed E-state index contributed by atoms with van der Waals surface area (Å²) in [5.74, 6) is -4.01. The van der Waals surface area contributed by atoms with Crippen molar-refractivity contribution in [2.45, 2.75) is 25.7 Å². The van der Waals surface area contributed by atoms with Crippen molar-refractivity contribution in [3.05, 3.63) is 71.6 Å². The minimum Gasteiger partial charge on any atom is -0.251 e. The molecule has 1 aromatic heterocycles. The molecular formula is C21H17F5N2. The molecule has 0 radical (unpaired) electrons. The summed E-state index contributed by atoms with van der Waals surface area (Å²) in [5.41, 5.74) is 0.421. The van der Waals surface area contributed by atoms with Crippen LogP contribution in [0.15, 0.2) is 42.7 Å². The minimum atomic E-state index is -1.19. The van der Waals surface area contributed by atoms with Crippen molar-refractivity contribution in [3.63, 3.8) is 0 Å². The lowest BCUT2D eigenvalue weighted by Gasteiger charge is -2.09. The van der Waals surface area contributed by atoms with Gasteiger partial charge in [0.25, 0.3) is 0 Å². The van der Waals surface area contributed by atoms with E-state index in [2.05, 4.69) is 9.97 Å². The molecule has 0 fully saturated rings. The number of alkyl halides is 1. The summed E-state index contributed by atoms with van der Waals surface area (Å²) in [4.78, 5) is 8.26. The molecule has 0 amide bonds. The summed E-state index contributed by atoms with van der Waals surface area (Å²) < 4.78 is 67.5. The summed E-state index contributed by atoms with van der Waals surface area (Å²) in [6, 6.07) is 4.76. The zero-order valence-corrected chi connectivity index (χ0v) is 14.9. The molecule has 0 atom stereocenters. The van der Waals surface area contributed by atoms with Gasteiger partial charge in [0.15, 0.2) is 17.5 Å². The summed E-state index contributed by atoms with van der Waals surface area (Å²) >= 11 is 0. The van der Waals surface area contributed by atoms with Gasteiger partial charge in [-0.3, -0.25) is 4.39 Å². The number of hydrogen-bond donors (Lipinski definition) is 0. The Morgan fingerprint density at radius 2 is 1.32 bits per heavy atom. The first kappa shape index (κ1) is 19.9. The maximum Gasteiger partial charge on any atom is 0.159 e. The number of rotatable bonds is 7. The van der Waals surface area contributed by atoms with E-state index in [1.807, 2.05) is 0 Å². The largest absolute Gasteiger partial charge is 0.251 e. The van der Waals surface area contributed by atoms with E-state index in [4.69, 9.17) is 0 Å². The van der Waals surface area contributed by atoms with Gasteiger partial charge in [0.2, 0.25) is 0 Å². The fourth-order valence-corrected chi connectivity index (χ4v) is 2.86. The van der Waals surface area contributed by atoms with Crippen molar-refractivity contribution in [2.75, 3.05) is 6.67 Å². The van der Waals surface area contributed by atoms with Gasteiger partial charge >= 0.3 is 0 Å². The van der Waals surface area contributed by atoms with Gasteiger partial charge in [0, 0.05) is 18.0 Å². The molecule has 3 rings (SSSR count). The smallest absolute Gasteiger partial charge is 0.159 e. The summed E-state index contributed by atoms with van der Waals surface area (Å²) in [5, 5.41) is 0. The third kappa shape index (κ3) is 4.52. The minimum absolute atomic E-state index is 0.106. The molecule has 0 N–H and O–H groups in total. The number of benzene rings is 2. The SMILES string of the molecule is FCCCCCc1cnc(-c2cc(F)c(-c3ccc(F)c(F)c3)c(F)c2)nc1. The summed E-state index contributed by atoms with van der Waals surface area (Å²) in [6.45, 7) is -0.340. The molecule has 28 heavy (non-hydrogen) atoms. The maximum absolute atomic E-state index is 14.5. The van der Waals surface area contributed by atoms with Crippen LogP contribution in [0.3, 0.4) is 0 Å². The van der Waals surface area contributed by atoms with Crippen molar-refractivity contribution in [2.24, 2.45) is 0 Å². The van der Waals surface area contributed by atoms with E-state index in [0.29, 0.717) is 12.8 Å². The molecule has 0 aliphatic carbocycles. The lowest BCUT2D eigenvalue weighted by molar-refractivity contribution is 0.456. The van der Waals surface area contributed by atoms with Crippen LogP contribution in [0.1, 0.15) is 24.8 Å². The van der Waals surface area contributed by atoms with E-state index in [0.717, 1.165) is 48.7 Å². The van der Waals surface area contributed by atoms with Crippen LogP contribution < -0.4 is 0 Å². The highest BCUT2D eigenvalue weighted by Gasteiger charge is 2.17. The summed E-state index contributed by atoms with van der Waals surface area (Å²) in [6.07, 6.45) is 5.91. The zero-order valence-electron chi connectivity index (χ0n) is 14.9. The first-order chi connectivity index (χ1) is 13.5. The van der Waals surface area contributed by atoms with Crippen LogP contribution in [0.5, 0.6) is 0 Å². The van der Waals surface area contributed by atoms with Gasteiger partial charge < -0.3 is 0 Å². The molecule has 0 aliphatic heterocycles. The van der Waals surface area contributed by atoms with Gasteiger partial charge in [-0.15, -0.1) is 0 Å². The van der Waals surface area contributed by atoms with Crippen LogP contribution in [-0.2, 0) is 6.42 Å². The van der Waals surface area contributed by atoms with Crippen molar-refractivity contribution >= 4 is 0 Å². The number of nitrogens with zero attached hydrogens (tertiary/aromatic N) is 2. The average Bonchev–Trinajstić information content (AvgIpc) is 2.68. The fraction of sp³-hybridized carbons (Fsp3) is 0.238. The molecule has 146 valence electrons. The lowest BCUT2D eigenvalue weighted by Crippen LogP contribution is -1.97. The van der Waals surface area contributed by atoms with Crippen LogP contribution in [0.25, 0.3) is 22.5 Å². The molecule has 1 heterocycles. The number of aromatic nitrogens is 2. The van der Waals surface area contributed by atoms with E-state index < -0.39 is 28.8 Å². The van der Waals surface area contributed by atoms with E-state index >= 15 is 0 Å². The number of hydrogen-bond acceptors (Lipinski definition) is 2. The Balaban J connectivity index is 1.83. The maximum atomic E-state index is 14.5. The standard InChI is InChI=1S/C21H17F5N2/c22-7-3-1-2-4-13-11-27-21(28-12-13)15-9-18(25)20(19(26)10-15)14-5-6-16(23)17(24)8-14/h5-6,8-12H,1-4,7H2. The molecule has 2 aromatic carbocycles. The topological polar surface area (TPSA) is 25.8 Å². The highest BCUT2D eigenvalue weighted by molar-refractivity contribution is 5.69. The zero-order chi connectivity index (χ0) is 20.1. The van der Waals surface area contributed by atoms with E-state index in [9.17, 15) is 22.0 Å². The van der Waals surface area contributed by atoms with E-state index in [-0.39, 0.29) is 23.6 Å². The Labute approximate surface area is 159 Å². The quantitative estimate of drug-likeness (QED) is 0.361. The third-order valence-electron chi connectivity index (χ3n) is 4.31. The number of halogens is 5. The molecule has 3 aromatic rings. The van der Waals surface area contributed by atoms with Gasteiger partial charge in [-0.25, -0.2) is 27.5 Å². The Bertz CT molecular complexity index is 935. The highest BCUT2D eigenvalue weighted by Crippen LogP contribution is 2.30. The first-order valence-electron chi connectivity index (χ1n) is 8.81. The van der Waals surface area contributed by atoms with Gasteiger partial charge in [-0.05, 0) is 54.7 Å². The Morgan fingerprint density at radius 1 is 0.679 bits per heavy atom. The van der Waals surface area contributed by atoms with Gasteiger partial charge in [0.1, 0.15) is 11.6 Å².